The summed E-state index contributed by atoms with van der Waals surface area (Å²) in [6.45, 7) is 9.49. The Kier molecular flexibility index (Phi) is 14.3. The molecule has 5 aromatic heterocycles. The first kappa shape index (κ1) is 67.0. The maximum Gasteiger partial charge on any atom is 0.149 e. The van der Waals surface area contributed by atoms with Crippen molar-refractivity contribution in [1.82, 2.24) is 24.8 Å². The van der Waals surface area contributed by atoms with Gasteiger partial charge in [-0.2, -0.15) is 0 Å². The average molecular weight is 1530 g/mol. The molecule has 0 saturated heterocycles. The molecular formula is C110H74N6OS. The number of rotatable bonds is 9. The van der Waals surface area contributed by atoms with Crippen molar-refractivity contribution >= 4 is 126 Å². The summed E-state index contributed by atoms with van der Waals surface area (Å²) in [5, 5.41) is 26.5. The van der Waals surface area contributed by atoms with E-state index in [0.717, 1.165) is 94.9 Å². The molecule has 3 N–H and O–H groups in total. The zero-order valence-corrected chi connectivity index (χ0v) is 66.0. The molecular weight excluding hydrogens is 1450 g/mol. The number of pyridine rings is 1. The second-order valence-corrected chi connectivity index (χ2v) is 34.7. The van der Waals surface area contributed by atoms with Crippen LogP contribution in [0.15, 0.2) is 338 Å². The lowest BCUT2D eigenvalue weighted by atomic mass is 9.81. The Morgan fingerprint density at radius 1 is 0.415 bits per heavy atom. The normalized spacial score (nSPS) is 16.1. The van der Waals surface area contributed by atoms with Gasteiger partial charge in [0.25, 0.3) is 0 Å². The first-order chi connectivity index (χ1) is 58.0. The van der Waals surface area contributed by atoms with E-state index in [2.05, 4.69) is 393 Å². The molecule has 118 heavy (non-hydrogen) atoms. The second kappa shape index (κ2) is 25.1. The highest BCUT2D eigenvalue weighted by atomic mass is 32.1. The molecule has 8 heteroatoms. The molecule has 0 bridgehead atoms. The van der Waals surface area contributed by atoms with Gasteiger partial charge in [-0.05, 0) is 226 Å². The van der Waals surface area contributed by atoms with Crippen LogP contribution in [0.2, 0.25) is 0 Å². The van der Waals surface area contributed by atoms with E-state index in [-0.39, 0.29) is 29.1 Å². The fraction of sp³-hybridized carbons (Fsp3) is 0.0818. The highest BCUT2D eigenvalue weighted by Gasteiger charge is 2.40. The molecule has 0 fully saturated rings. The van der Waals surface area contributed by atoms with E-state index in [0.29, 0.717) is 0 Å². The highest BCUT2D eigenvalue weighted by Crippen LogP contribution is 2.56. The zero-order chi connectivity index (χ0) is 78.0. The highest BCUT2D eigenvalue weighted by molar-refractivity contribution is 7.19. The Bertz CT molecular complexity index is 7940. The van der Waals surface area contributed by atoms with E-state index in [1.807, 2.05) is 23.6 Å². The summed E-state index contributed by atoms with van der Waals surface area (Å²) in [6.07, 6.45) is 4.22. The number of furan rings is 1. The summed E-state index contributed by atoms with van der Waals surface area (Å²) in [4.78, 5) is 6.49. The topological polar surface area (TPSA) is 72.0 Å². The van der Waals surface area contributed by atoms with Crippen molar-refractivity contribution in [1.29, 1.82) is 0 Å². The molecule has 2 aliphatic carbocycles. The van der Waals surface area contributed by atoms with Crippen LogP contribution < -0.4 is 16.0 Å². The number of para-hydroxylation sites is 2. The van der Waals surface area contributed by atoms with Crippen molar-refractivity contribution in [3.63, 3.8) is 0 Å². The number of thiophene rings is 1. The summed E-state index contributed by atoms with van der Waals surface area (Å²) in [5.74, 6) is 0.868. The Morgan fingerprint density at radius 2 is 1.07 bits per heavy atom. The summed E-state index contributed by atoms with van der Waals surface area (Å²) in [5.41, 5.74) is 32.3. The first-order valence-electron chi connectivity index (χ1n) is 41.0. The first-order valence-corrected chi connectivity index (χ1v) is 41.8. The fourth-order valence-corrected chi connectivity index (χ4v) is 22.0. The fourth-order valence-electron chi connectivity index (χ4n) is 20.7. The van der Waals surface area contributed by atoms with Crippen molar-refractivity contribution in [2.24, 2.45) is 0 Å². The molecule has 3 atom stereocenters. The lowest BCUT2D eigenvalue weighted by Gasteiger charge is -2.32. The maximum atomic E-state index is 7.03. The van der Waals surface area contributed by atoms with Crippen molar-refractivity contribution in [2.45, 2.75) is 56.8 Å². The second-order valence-electron chi connectivity index (χ2n) is 33.6. The van der Waals surface area contributed by atoms with Crippen LogP contribution in [0.4, 0.5) is 5.69 Å². The predicted octanol–water partition coefficient (Wildman–Crippen LogP) is 27.9. The number of nitrogens with one attached hydrogen (secondary N) is 3. The number of hydrogen-bond donors (Lipinski definition) is 3. The molecule has 7 nitrogen and oxygen atoms in total. The average Bonchev–Trinajstić information content (AvgIpc) is 1.55. The SMILES string of the molecule is CC1(C)c2ccc(-c3ccc4oc5c(c4c3)NC(c3ccccc3)NC5c3ccc(-n4c5ccccc5c5cc6ccccc6cc54)cc3)cc2-c2ccc(-c3cc(C4=Cc5c(sc6ccc(-c7cccc8c7-c7ccccc7C8(C)C)cc56)C(c5ccc(-n6c7ccccc7c7cc8ccccc8cc76)c6ccc#cc56)N4)ccn3)cc21. The van der Waals surface area contributed by atoms with Crippen LogP contribution >= 0.6 is 11.3 Å². The number of aromatic nitrogens is 3. The van der Waals surface area contributed by atoms with Crippen LogP contribution in [0.5, 0.6) is 0 Å². The maximum absolute atomic E-state index is 7.03. The van der Waals surface area contributed by atoms with Gasteiger partial charge in [0.2, 0.25) is 0 Å². The molecule has 2 aliphatic heterocycles. The van der Waals surface area contributed by atoms with E-state index in [4.69, 9.17) is 9.40 Å². The van der Waals surface area contributed by atoms with Crippen LogP contribution in [0.1, 0.15) is 107 Å². The molecule has 25 rings (SSSR count). The van der Waals surface area contributed by atoms with Gasteiger partial charge in [-0.3, -0.25) is 10.3 Å². The largest absolute Gasteiger partial charge is 0.457 e. The van der Waals surface area contributed by atoms with Gasteiger partial charge in [-0.25, -0.2) is 0 Å². The molecule has 4 aliphatic rings. The number of hydrogen-bond acceptors (Lipinski definition) is 6. The Morgan fingerprint density at radius 3 is 1.86 bits per heavy atom. The van der Waals surface area contributed by atoms with E-state index in [1.165, 1.54) is 141 Å². The van der Waals surface area contributed by atoms with Gasteiger partial charge < -0.3 is 24.2 Å². The molecule has 3 unspecified atom stereocenters. The van der Waals surface area contributed by atoms with E-state index >= 15 is 0 Å². The third-order valence-corrected chi connectivity index (χ3v) is 27.8. The van der Waals surface area contributed by atoms with Gasteiger partial charge in [-0.1, -0.05) is 252 Å². The van der Waals surface area contributed by atoms with Crippen LogP contribution in [0.25, 0.3) is 176 Å². The van der Waals surface area contributed by atoms with Crippen molar-refractivity contribution < 1.29 is 4.42 Å². The number of fused-ring (bicyclic) bond motifs is 21. The minimum atomic E-state index is -0.294. The predicted molar refractivity (Wildman–Crippen MR) is 490 cm³/mol. The molecule has 556 valence electrons. The standard InChI is InChI=1S/C110H74N6OS/c1-109(2)89-33-17-14-31-82(89)102-75(32-20-34-91(102)109)71-42-50-101-86(57-71)87-62-94(112-105(107(87)118-101)81-46-48-97(78-28-13-12-27-76(78)81)116-96-36-19-16-30-80(96)85-55-66-24-9-11-26-68(66)61-99(85)116)73-51-52-111-93(59-73)72-39-45-77-83-53-69(40-47-90(83)110(3,4)92(77)58-72)70-41-49-100-88(56-70)104-106(117-100)103(113-108(114-104)64-21-6-5-7-22-64)63-37-43-74(44-38-63)115-95-35-18-15-29-79(95)84-54-65-23-8-10-25-67(65)60-98(84)115/h5-11,13-26,28-62,103,105,108,112-114H,1-4H3. The van der Waals surface area contributed by atoms with Crippen molar-refractivity contribution in [2.75, 3.05) is 5.32 Å². The van der Waals surface area contributed by atoms with E-state index in [9.17, 15) is 0 Å². The lowest BCUT2D eigenvalue weighted by Crippen LogP contribution is -2.36. The molecule has 0 saturated carbocycles. The van der Waals surface area contributed by atoms with Gasteiger partial charge in [0.15, 0.2) is 0 Å². The Labute approximate surface area is 686 Å². The lowest BCUT2D eigenvalue weighted by molar-refractivity contribution is 0.422. The number of nitrogens with zero attached hydrogens (tertiary/aromatic N) is 3. The minimum absolute atomic E-state index is 0.120. The monoisotopic (exact) mass is 1530 g/mol. The smallest absolute Gasteiger partial charge is 0.149 e. The third-order valence-electron chi connectivity index (χ3n) is 26.5. The summed E-state index contributed by atoms with van der Waals surface area (Å²) in [7, 11) is 0. The molecule has 7 heterocycles. The van der Waals surface area contributed by atoms with Crippen LogP contribution in [-0.4, -0.2) is 14.1 Å². The molecule has 0 radical (unpaired) electrons. The molecule has 21 aromatic rings. The van der Waals surface area contributed by atoms with Gasteiger partial charge in [-0.15, -0.1) is 11.3 Å². The van der Waals surface area contributed by atoms with Crippen LogP contribution in [0, 0.1) is 12.1 Å². The summed E-state index contributed by atoms with van der Waals surface area (Å²) < 4.78 is 13.1. The van der Waals surface area contributed by atoms with Crippen LogP contribution in [0.3, 0.4) is 0 Å². The van der Waals surface area contributed by atoms with E-state index < -0.39 is 0 Å². The Balaban J connectivity index is 0.572. The summed E-state index contributed by atoms with van der Waals surface area (Å²) >= 11 is 1.88. The molecule has 0 amide bonds. The quantitative estimate of drug-likeness (QED) is 0.134. The van der Waals surface area contributed by atoms with Crippen LogP contribution in [-0.2, 0) is 10.8 Å². The van der Waals surface area contributed by atoms with Gasteiger partial charge in [0.05, 0.1) is 51.2 Å². The van der Waals surface area contributed by atoms with Gasteiger partial charge in [0.1, 0.15) is 17.5 Å². The molecule has 0 spiro atoms. The van der Waals surface area contributed by atoms with Gasteiger partial charge in [0, 0.05) is 97.8 Å². The molecule has 16 aromatic carbocycles. The van der Waals surface area contributed by atoms with Crippen molar-refractivity contribution in [3.8, 4) is 67.1 Å². The van der Waals surface area contributed by atoms with Gasteiger partial charge >= 0.3 is 0 Å². The van der Waals surface area contributed by atoms with Crippen molar-refractivity contribution in [3.05, 3.63) is 407 Å². The zero-order valence-electron chi connectivity index (χ0n) is 65.2. The third kappa shape index (κ3) is 9.90. The van der Waals surface area contributed by atoms with E-state index in [1.54, 1.807) is 0 Å². The Hall–Kier alpha value is -14.3. The number of benzene rings is 15. The minimum Gasteiger partial charge on any atom is -0.457 e. The summed E-state index contributed by atoms with van der Waals surface area (Å²) in [6, 6.07) is 128. The number of anilines is 1.